The van der Waals surface area contributed by atoms with Crippen LogP contribution >= 0.6 is 15.9 Å². The predicted molar refractivity (Wildman–Crippen MR) is 75.2 cm³/mol. The number of nitrogens with one attached hydrogen (secondary N) is 1. The van der Waals surface area contributed by atoms with E-state index in [1.807, 2.05) is 0 Å². The van der Waals surface area contributed by atoms with E-state index in [1.165, 1.54) is 12.1 Å². The summed E-state index contributed by atoms with van der Waals surface area (Å²) in [5.74, 6) is -1.19. The van der Waals surface area contributed by atoms with Gasteiger partial charge in [-0.25, -0.2) is 9.18 Å². The fraction of sp³-hybridized carbons (Fsp3) is 0.462. The third kappa shape index (κ3) is 3.25. The number of carboxylic acids is 1. The van der Waals surface area contributed by atoms with Crippen molar-refractivity contribution in [2.24, 2.45) is 5.92 Å². The molecule has 19 heavy (non-hydrogen) atoms. The number of hydrogen-bond donors (Lipinski definition) is 2. The summed E-state index contributed by atoms with van der Waals surface area (Å²) in [5, 5.41) is 11.9. The van der Waals surface area contributed by atoms with E-state index in [4.69, 9.17) is 5.11 Å². The van der Waals surface area contributed by atoms with E-state index in [-0.39, 0.29) is 10.0 Å². The van der Waals surface area contributed by atoms with Crippen LogP contribution in [0.25, 0.3) is 0 Å². The quantitative estimate of drug-likeness (QED) is 0.891. The topological polar surface area (TPSA) is 52.6 Å². The van der Waals surface area contributed by atoms with Crippen LogP contribution in [0.3, 0.4) is 0 Å². The summed E-state index contributed by atoms with van der Waals surface area (Å²) in [6.45, 7) is 2.76. The first-order valence-electron chi connectivity index (χ1n) is 6.12. The van der Waals surface area contributed by atoms with Crippen molar-refractivity contribution in [3.05, 3.63) is 28.0 Å². The van der Waals surface area contributed by atoms with Gasteiger partial charge in [0.15, 0.2) is 5.82 Å². The predicted octanol–water partition coefficient (Wildman–Crippen LogP) is 2.65. The molecular formula is C13H16BrFN2O2. The van der Waals surface area contributed by atoms with Crippen molar-refractivity contribution in [3.8, 4) is 0 Å². The van der Waals surface area contributed by atoms with Crippen LogP contribution in [0.1, 0.15) is 16.8 Å². The molecular weight excluding hydrogens is 315 g/mol. The number of likely N-dealkylation sites (tertiary alicyclic amines) is 1. The minimum atomic E-state index is -1.14. The number of carbonyl (C=O) groups is 1. The zero-order valence-corrected chi connectivity index (χ0v) is 12.2. The Kier molecular flexibility index (Phi) is 4.42. The monoisotopic (exact) mass is 330 g/mol. The summed E-state index contributed by atoms with van der Waals surface area (Å²) >= 11 is 2.99. The Morgan fingerprint density at radius 3 is 2.95 bits per heavy atom. The lowest BCUT2D eigenvalue weighted by Crippen LogP contribution is -2.19. The van der Waals surface area contributed by atoms with Gasteiger partial charge in [0, 0.05) is 13.1 Å². The van der Waals surface area contributed by atoms with Crippen molar-refractivity contribution in [2.75, 3.05) is 32.0 Å². The van der Waals surface area contributed by atoms with Gasteiger partial charge in [-0.3, -0.25) is 0 Å². The molecule has 104 valence electrons. The maximum Gasteiger partial charge on any atom is 0.336 e. The molecule has 1 aliphatic heterocycles. The molecule has 0 bridgehead atoms. The van der Waals surface area contributed by atoms with Crippen molar-refractivity contribution in [1.82, 2.24) is 4.90 Å². The van der Waals surface area contributed by atoms with E-state index >= 15 is 0 Å². The molecule has 2 N–H and O–H groups in total. The summed E-state index contributed by atoms with van der Waals surface area (Å²) in [6, 6.07) is 2.88. The van der Waals surface area contributed by atoms with Crippen molar-refractivity contribution < 1.29 is 14.3 Å². The van der Waals surface area contributed by atoms with Gasteiger partial charge in [0.2, 0.25) is 0 Å². The van der Waals surface area contributed by atoms with Gasteiger partial charge in [-0.1, -0.05) is 0 Å². The molecule has 1 atom stereocenters. The SMILES string of the molecule is CN1CCC(CNc2ccc(C(=O)O)c(Br)c2F)C1. The Morgan fingerprint density at radius 1 is 1.63 bits per heavy atom. The number of rotatable bonds is 4. The molecule has 1 heterocycles. The maximum absolute atomic E-state index is 14.0. The van der Waals surface area contributed by atoms with Crippen LogP contribution in [0.4, 0.5) is 10.1 Å². The van der Waals surface area contributed by atoms with E-state index in [2.05, 4.69) is 33.2 Å². The van der Waals surface area contributed by atoms with Gasteiger partial charge in [0.25, 0.3) is 0 Å². The molecule has 1 unspecified atom stereocenters. The van der Waals surface area contributed by atoms with Gasteiger partial charge in [-0.15, -0.1) is 0 Å². The van der Waals surface area contributed by atoms with Crippen molar-refractivity contribution in [3.63, 3.8) is 0 Å². The molecule has 1 aliphatic rings. The lowest BCUT2D eigenvalue weighted by atomic mass is 10.1. The minimum Gasteiger partial charge on any atom is -0.478 e. The highest BCUT2D eigenvalue weighted by Gasteiger charge is 2.20. The number of anilines is 1. The molecule has 0 aliphatic carbocycles. The van der Waals surface area contributed by atoms with Gasteiger partial charge in [0.1, 0.15) is 0 Å². The molecule has 0 amide bonds. The fourth-order valence-electron chi connectivity index (χ4n) is 2.30. The van der Waals surface area contributed by atoms with E-state index in [9.17, 15) is 9.18 Å². The first-order valence-corrected chi connectivity index (χ1v) is 6.92. The van der Waals surface area contributed by atoms with Crippen LogP contribution < -0.4 is 5.32 Å². The average molecular weight is 331 g/mol. The Labute approximate surface area is 119 Å². The largest absolute Gasteiger partial charge is 0.478 e. The number of benzene rings is 1. The molecule has 1 saturated heterocycles. The average Bonchev–Trinajstić information content (AvgIpc) is 2.76. The van der Waals surface area contributed by atoms with Crippen LogP contribution in [-0.2, 0) is 0 Å². The molecule has 0 aromatic heterocycles. The lowest BCUT2D eigenvalue weighted by molar-refractivity contribution is 0.0695. The Bertz CT molecular complexity index is 496. The Morgan fingerprint density at radius 2 is 2.37 bits per heavy atom. The second-order valence-corrected chi connectivity index (χ2v) is 5.68. The molecule has 1 aromatic carbocycles. The number of carboxylic acid groups (broad SMARTS) is 1. The van der Waals surface area contributed by atoms with Gasteiger partial charge < -0.3 is 15.3 Å². The second-order valence-electron chi connectivity index (χ2n) is 4.89. The smallest absolute Gasteiger partial charge is 0.336 e. The summed E-state index contributed by atoms with van der Waals surface area (Å²) in [4.78, 5) is 13.1. The first kappa shape index (κ1) is 14.3. The zero-order valence-electron chi connectivity index (χ0n) is 10.6. The normalized spacial score (nSPS) is 19.6. The molecule has 6 heteroatoms. The van der Waals surface area contributed by atoms with Crippen molar-refractivity contribution in [2.45, 2.75) is 6.42 Å². The van der Waals surface area contributed by atoms with Gasteiger partial charge in [0.05, 0.1) is 15.7 Å². The highest BCUT2D eigenvalue weighted by Crippen LogP contribution is 2.27. The number of aromatic carboxylic acids is 1. The number of nitrogens with zero attached hydrogens (tertiary/aromatic N) is 1. The van der Waals surface area contributed by atoms with Gasteiger partial charge in [-0.05, 0) is 54.0 Å². The van der Waals surface area contributed by atoms with Gasteiger partial charge in [-0.2, -0.15) is 0 Å². The number of hydrogen-bond acceptors (Lipinski definition) is 3. The van der Waals surface area contributed by atoms with E-state index in [0.717, 1.165) is 19.5 Å². The van der Waals surface area contributed by atoms with E-state index in [1.54, 1.807) is 0 Å². The molecule has 4 nitrogen and oxygen atoms in total. The Hall–Kier alpha value is -1.14. The van der Waals surface area contributed by atoms with Crippen LogP contribution in [0, 0.1) is 11.7 Å². The standard InChI is InChI=1S/C13H16BrFN2O2/c1-17-5-4-8(7-17)6-16-10-3-2-9(13(18)19)11(14)12(10)15/h2-3,8,16H,4-7H2,1H3,(H,18,19). The summed E-state index contributed by atoms with van der Waals surface area (Å²) in [7, 11) is 2.07. The summed E-state index contributed by atoms with van der Waals surface area (Å²) in [6.07, 6.45) is 1.10. The zero-order chi connectivity index (χ0) is 14.0. The highest BCUT2D eigenvalue weighted by atomic mass is 79.9. The minimum absolute atomic E-state index is 0.00598. The Balaban J connectivity index is 2.05. The van der Waals surface area contributed by atoms with Crippen molar-refractivity contribution >= 4 is 27.6 Å². The molecule has 0 spiro atoms. The molecule has 1 fully saturated rings. The molecule has 0 radical (unpaired) electrons. The summed E-state index contributed by atoms with van der Waals surface area (Å²) in [5.41, 5.74) is 0.273. The lowest BCUT2D eigenvalue weighted by Gasteiger charge is -2.14. The maximum atomic E-state index is 14.0. The third-order valence-electron chi connectivity index (χ3n) is 3.38. The van der Waals surface area contributed by atoms with Crippen LogP contribution in [0.2, 0.25) is 0 Å². The molecule has 1 aromatic rings. The highest BCUT2D eigenvalue weighted by molar-refractivity contribution is 9.10. The molecule has 0 saturated carbocycles. The number of halogens is 2. The third-order valence-corrected chi connectivity index (χ3v) is 4.16. The van der Waals surface area contributed by atoms with Crippen molar-refractivity contribution in [1.29, 1.82) is 0 Å². The van der Waals surface area contributed by atoms with E-state index < -0.39 is 11.8 Å². The van der Waals surface area contributed by atoms with Crippen LogP contribution in [0.5, 0.6) is 0 Å². The second kappa shape index (κ2) is 5.88. The molecule has 2 rings (SSSR count). The van der Waals surface area contributed by atoms with E-state index in [0.29, 0.717) is 18.2 Å². The van der Waals surface area contributed by atoms with Gasteiger partial charge >= 0.3 is 5.97 Å². The fourth-order valence-corrected chi connectivity index (χ4v) is 2.81. The first-order chi connectivity index (χ1) is 8.99. The summed E-state index contributed by atoms with van der Waals surface area (Å²) < 4.78 is 14.0. The van der Waals surface area contributed by atoms with Crippen LogP contribution in [-0.4, -0.2) is 42.7 Å². The van der Waals surface area contributed by atoms with Crippen LogP contribution in [0.15, 0.2) is 16.6 Å².